The van der Waals surface area contributed by atoms with Crippen LogP contribution in [0.5, 0.6) is 0 Å². The Bertz CT molecular complexity index is 397. The number of anilines is 1. The van der Waals surface area contributed by atoms with Gasteiger partial charge in [-0.3, -0.25) is 0 Å². The molecular weight excluding hydrogens is 244 g/mol. The maximum absolute atomic E-state index is 6.21. The zero-order chi connectivity index (χ0) is 13.1. The van der Waals surface area contributed by atoms with E-state index in [1.807, 2.05) is 6.92 Å². The largest absolute Gasteiger partial charge is 0.372 e. The van der Waals surface area contributed by atoms with E-state index >= 15 is 0 Å². The number of hydrogen-bond acceptors (Lipinski definition) is 2. The minimum atomic E-state index is 0.647. The highest BCUT2D eigenvalue weighted by molar-refractivity contribution is 6.31. The molecule has 1 aromatic rings. The van der Waals surface area contributed by atoms with Gasteiger partial charge in [0, 0.05) is 29.8 Å². The number of nitrogens with one attached hydrogen (secondary N) is 1. The van der Waals surface area contributed by atoms with Gasteiger partial charge in [0.2, 0.25) is 0 Å². The smallest absolute Gasteiger partial charge is 0.0455 e. The summed E-state index contributed by atoms with van der Waals surface area (Å²) in [7, 11) is 4.25. The van der Waals surface area contributed by atoms with Gasteiger partial charge < -0.3 is 10.2 Å². The molecule has 1 saturated carbocycles. The van der Waals surface area contributed by atoms with Crippen LogP contribution in [0.2, 0.25) is 5.02 Å². The topological polar surface area (TPSA) is 15.3 Å². The van der Waals surface area contributed by atoms with Crippen molar-refractivity contribution in [3.05, 3.63) is 28.8 Å². The molecule has 0 saturated heterocycles. The number of benzene rings is 1. The van der Waals surface area contributed by atoms with Crippen LogP contribution < -0.4 is 10.2 Å². The summed E-state index contributed by atoms with van der Waals surface area (Å²) in [6, 6.07) is 7.71. The maximum atomic E-state index is 6.21. The van der Waals surface area contributed by atoms with Crippen LogP contribution in [0.15, 0.2) is 18.2 Å². The van der Waals surface area contributed by atoms with Gasteiger partial charge in [-0.15, -0.1) is 0 Å². The number of hydrogen-bond donors (Lipinski definition) is 1. The van der Waals surface area contributed by atoms with Gasteiger partial charge in [-0.1, -0.05) is 17.7 Å². The minimum absolute atomic E-state index is 0.647. The Kier molecular flexibility index (Phi) is 4.52. The van der Waals surface area contributed by atoms with Crippen LogP contribution in [0.1, 0.15) is 31.2 Å². The monoisotopic (exact) mass is 266 g/mol. The Morgan fingerprint density at radius 2 is 1.89 bits per heavy atom. The van der Waals surface area contributed by atoms with Crippen molar-refractivity contribution in [3.63, 3.8) is 0 Å². The van der Waals surface area contributed by atoms with E-state index in [0.717, 1.165) is 10.6 Å². The van der Waals surface area contributed by atoms with Gasteiger partial charge in [0.15, 0.2) is 0 Å². The van der Waals surface area contributed by atoms with Gasteiger partial charge in [-0.2, -0.15) is 0 Å². The SMILES string of the molecule is CN[C@H]1CC[C@H](N(C)c2ccc(C)c(Cl)c2)CC1. The Balaban J connectivity index is 2.03. The second-order valence-corrected chi connectivity index (χ2v) is 5.75. The van der Waals surface area contributed by atoms with E-state index in [1.54, 1.807) is 0 Å². The zero-order valence-electron chi connectivity index (χ0n) is 11.5. The molecule has 0 bridgehead atoms. The van der Waals surface area contributed by atoms with Gasteiger partial charge in [-0.25, -0.2) is 0 Å². The summed E-state index contributed by atoms with van der Waals surface area (Å²) in [4.78, 5) is 2.39. The van der Waals surface area contributed by atoms with Crippen molar-refractivity contribution in [2.75, 3.05) is 19.0 Å². The van der Waals surface area contributed by atoms with Crippen molar-refractivity contribution in [2.24, 2.45) is 0 Å². The van der Waals surface area contributed by atoms with E-state index in [-0.39, 0.29) is 0 Å². The number of nitrogens with zero attached hydrogens (tertiary/aromatic N) is 1. The molecule has 100 valence electrons. The molecule has 18 heavy (non-hydrogen) atoms. The van der Waals surface area contributed by atoms with Crippen LogP contribution in [0, 0.1) is 6.92 Å². The average Bonchev–Trinajstić information content (AvgIpc) is 2.41. The van der Waals surface area contributed by atoms with Crippen LogP contribution in [0.4, 0.5) is 5.69 Å². The molecule has 0 aromatic heterocycles. The fraction of sp³-hybridized carbons (Fsp3) is 0.600. The van der Waals surface area contributed by atoms with Crippen molar-refractivity contribution < 1.29 is 0 Å². The Hall–Kier alpha value is -0.730. The normalized spacial score (nSPS) is 24.0. The van der Waals surface area contributed by atoms with Crippen LogP contribution in [-0.4, -0.2) is 26.2 Å². The summed E-state index contributed by atoms with van der Waals surface area (Å²) in [6.45, 7) is 2.05. The van der Waals surface area contributed by atoms with Gasteiger partial charge in [0.05, 0.1) is 0 Å². The molecule has 1 aliphatic rings. The van der Waals surface area contributed by atoms with Crippen molar-refractivity contribution >= 4 is 17.3 Å². The highest BCUT2D eigenvalue weighted by atomic mass is 35.5. The van der Waals surface area contributed by atoms with Crippen molar-refractivity contribution in [3.8, 4) is 0 Å². The third-order valence-electron chi connectivity index (χ3n) is 4.22. The second-order valence-electron chi connectivity index (χ2n) is 5.34. The van der Waals surface area contributed by atoms with Crippen LogP contribution in [0.3, 0.4) is 0 Å². The van der Waals surface area contributed by atoms with E-state index in [2.05, 4.69) is 42.5 Å². The Morgan fingerprint density at radius 1 is 1.22 bits per heavy atom. The van der Waals surface area contributed by atoms with Crippen molar-refractivity contribution in [2.45, 2.75) is 44.7 Å². The van der Waals surface area contributed by atoms with Crippen molar-refractivity contribution in [1.82, 2.24) is 5.32 Å². The van der Waals surface area contributed by atoms with Crippen LogP contribution in [-0.2, 0) is 0 Å². The summed E-state index contributed by atoms with van der Waals surface area (Å²) in [5.41, 5.74) is 2.38. The Labute approximate surface area is 115 Å². The van der Waals surface area contributed by atoms with Gasteiger partial charge >= 0.3 is 0 Å². The summed E-state index contributed by atoms with van der Waals surface area (Å²) in [6.07, 6.45) is 5.05. The highest BCUT2D eigenvalue weighted by Gasteiger charge is 2.23. The molecule has 0 amide bonds. The molecule has 1 fully saturated rings. The lowest BCUT2D eigenvalue weighted by atomic mass is 9.90. The number of aryl methyl sites for hydroxylation is 1. The van der Waals surface area contributed by atoms with Crippen LogP contribution in [0.25, 0.3) is 0 Å². The van der Waals surface area contributed by atoms with Gasteiger partial charge in [0.1, 0.15) is 0 Å². The minimum Gasteiger partial charge on any atom is -0.372 e. The quantitative estimate of drug-likeness (QED) is 0.899. The second kappa shape index (κ2) is 5.94. The molecule has 0 atom stereocenters. The molecule has 0 heterocycles. The first-order chi connectivity index (χ1) is 8.61. The maximum Gasteiger partial charge on any atom is 0.0455 e. The third-order valence-corrected chi connectivity index (χ3v) is 4.62. The fourth-order valence-electron chi connectivity index (χ4n) is 2.76. The molecule has 2 rings (SSSR count). The molecule has 0 radical (unpaired) electrons. The van der Waals surface area contributed by atoms with E-state index < -0.39 is 0 Å². The molecule has 3 heteroatoms. The first-order valence-electron chi connectivity index (χ1n) is 6.78. The van der Waals surface area contributed by atoms with Gasteiger partial charge in [-0.05, 0) is 57.4 Å². The third kappa shape index (κ3) is 2.99. The molecule has 0 spiro atoms. The molecule has 1 N–H and O–H groups in total. The predicted octanol–water partition coefficient (Wildman–Crippen LogP) is 3.62. The molecule has 2 nitrogen and oxygen atoms in total. The highest BCUT2D eigenvalue weighted by Crippen LogP contribution is 2.28. The molecule has 1 aromatic carbocycles. The van der Waals surface area contributed by atoms with E-state index in [1.165, 1.54) is 31.4 Å². The number of halogens is 1. The molecular formula is C15H23ClN2. The standard InChI is InChI=1S/C15H23ClN2/c1-11-4-7-14(10-15(11)16)18(3)13-8-5-12(17-2)6-9-13/h4,7,10,12-13,17H,5-6,8-9H2,1-3H3/t12-,13-. The van der Waals surface area contributed by atoms with E-state index in [9.17, 15) is 0 Å². The lowest BCUT2D eigenvalue weighted by Crippen LogP contribution is -2.39. The lowest BCUT2D eigenvalue weighted by Gasteiger charge is -2.36. The summed E-state index contributed by atoms with van der Waals surface area (Å²) < 4.78 is 0. The fourth-order valence-corrected chi connectivity index (χ4v) is 2.94. The summed E-state index contributed by atoms with van der Waals surface area (Å²) in [5.74, 6) is 0. The predicted molar refractivity (Wildman–Crippen MR) is 79.7 cm³/mol. The summed E-state index contributed by atoms with van der Waals surface area (Å²) in [5, 5.41) is 4.24. The molecule has 0 unspecified atom stereocenters. The lowest BCUT2D eigenvalue weighted by molar-refractivity contribution is 0.351. The number of rotatable bonds is 3. The van der Waals surface area contributed by atoms with Crippen LogP contribution >= 0.6 is 11.6 Å². The Morgan fingerprint density at radius 3 is 2.44 bits per heavy atom. The average molecular weight is 267 g/mol. The van der Waals surface area contributed by atoms with Gasteiger partial charge in [0.25, 0.3) is 0 Å². The van der Waals surface area contributed by atoms with Crippen molar-refractivity contribution in [1.29, 1.82) is 0 Å². The summed E-state index contributed by atoms with van der Waals surface area (Å²) >= 11 is 6.21. The molecule has 0 aliphatic heterocycles. The zero-order valence-corrected chi connectivity index (χ0v) is 12.3. The molecule has 1 aliphatic carbocycles. The van der Waals surface area contributed by atoms with E-state index in [4.69, 9.17) is 11.6 Å². The first kappa shape index (κ1) is 13.7. The van der Waals surface area contributed by atoms with E-state index in [0.29, 0.717) is 12.1 Å². The first-order valence-corrected chi connectivity index (χ1v) is 7.16.